The van der Waals surface area contributed by atoms with Crippen molar-refractivity contribution in [2.24, 2.45) is 11.8 Å². The molecule has 1 rings (SSSR count). The molecule has 1 aliphatic carbocycles. The van der Waals surface area contributed by atoms with Crippen molar-refractivity contribution >= 4 is 5.78 Å². The molecule has 1 aliphatic rings. The summed E-state index contributed by atoms with van der Waals surface area (Å²) in [6.07, 6.45) is 7.27. The molecule has 0 aromatic heterocycles. The van der Waals surface area contributed by atoms with Crippen molar-refractivity contribution in [1.82, 2.24) is 0 Å². The van der Waals surface area contributed by atoms with Crippen molar-refractivity contribution in [2.45, 2.75) is 39.0 Å². The van der Waals surface area contributed by atoms with Gasteiger partial charge in [0.15, 0.2) is 0 Å². The lowest BCUT2D eigenvalue weighted by Crippen LogP contribution is -2.17. The molecule has 2 unspecified atom stereocenters. The Bertz CT molecular complexity index is 172. The van der Waals surface area contributed by atoms with Gasteiger partial charge >= 0.3 is 0 Å². The highest BCUT2D eigenvalue weighted by atomic mass is 16.1. The quantitative estimate of drug-likeness (QED) is 0.455. The van der Waals surface area contributed by atoms with Crippen LogP contribution >= 0.6 is 0 Å². The molecule has 0 radical (unpaired) electrons. The molecule has 0 bridgehead atoms. The minimum absolute atomic E-state index is 0.269. The maximum atomic E-state index is 11.5. The Hall–Kier alpha value is -0.590. The molecule has 2 atom stereocenters. The minimum atomic E-state index is 0.269. The van der Waals surface area contributed by atoms with Crippen molar-refractivity contribution < 1.29 is 4.79 Å². The lowest BCUT2D eigenvalue weighted by Gasteiger charge is -2.17. The third-order valence-electron chi connectivity index (χ3n) is 2.93. The number of rotatable bonds is 2. The van der Waals surface area contributed by atoms with Crippen molar-refractivity contribution in [3.05, 3.63) is 12.7 Å². The van der Waals surface area contributed by atoms with E-state index in [2.05, 4.69) is 13.5 Å². The van der Waals surface area contributed by atoms with Crippen LogP contribution in [0.2, 0.25) is 0 Å². The van der Waals surface area contributed by atoms with Crippen LogP contribution in [0.25, 0.3) is 0 Å². The van der Waals surface area contributed by atoms with Crippen LogP contribution in [-0.2, 0) is 4.79 Å². The van der Waals surface area contributed by atoms with E-state index >= 15 is 0 Å². The van der Waals surface area contributed by atoms with E-state index in [9.17, 15) is 4.79 Å². The summed E-state index contributed by atoms with van der Waals surface area (Å²) in [5.41, 5.74) is 0. The average Bonchev–Trinajstić information content (AvgIpc) is 2.20. The van der Waals surface area contributed by atoms with Gasteiger partial charge in [-0.3, -0.25) is 4.79 Å². The van der Waals surface area contributed by atoms with Crippen LogP contribution in [0.1, 0.15) is 39.0 Å². The zero-order valence-electron chi connectivity index (χ0n) is 7.88. The lowest BCUT2D eigenvalue weighted by atomic mass is 9.86. The van der Waals surface area contributed by atoms with Gasteiger partial charge in [-0.25, -0.2) is 0 Å². The Morgan fingerprint density at radius 1 is 1.58 bits per heavy atom. The summed E-state index contributed by atoms with van der Waals surface area (Å²) in [6.45, 7) is 5.80. The maximum absolute atomic E-state index is 11.5. The summed E-state index contributed by atoms with van der Waals surface area (Å²) >= 11 is 0. The summed E-state index contributed by atoms with van der Waals surface area (Å²) in [7, 11) is 0. The summed E-state index contributed by atoms with van der Waals surface area (Å²) in [4.78, 5) is 11.5. The Balaban J connectivity index is 2.57. The number of ketones is 1. The van der Waals surface area contributed by atoms with Crippen LogP contribution in [0.5, 0.6) is 0 Å². The first-order valence-electron chi connectivity index (χ1n) is 4.89. The van der Waals surface area contributed by atoms with Crippen molar-refractivity contribution in [3.63, 3.8) is 0 Å². The van der Waals surface area contributed by atoms with E-state index in [1.165, 1.54) is 12.8 Å². The second-order valence-electron chi connectivity index (χ2n) is 3.79. The molecule has 12 heavy (non-hydrogen) atoms. The second kappa shape index (κ2) is 4.44. The highest BCUT2D eigenvalue weighted by Gasteiger charge is 2.24. The summed E-state index contributed by atoms with van der Waals surface area (Å²) in [5.74, 6) is 1.29. The highest BCUT2D eigenvalue weighted by molar-refractivity contribution is 5.81. The van der Waals surface area contributed by atoms with Gasteiger partial charge in [0.2, 0.25) is 0 Å². The fraction of sp³-hybridized carbons (Fsp3) is 0.727. The zero-order valence-corrected chi connectivity index (χ0v) is 7.88. The van der Waals surface area contributed by atoms with Crippen LogP contribution in [0, 0.1) is 11.8 Å². The Labute approximate surface area is 74.9 Å². The third kappa shape index (κ3) is 2.20. The molecule has 0 amide bonds. The predicted octanol–water partition coefficient (Wildman–Crippen LogP) is 2.96. The first-order valence-corrected chi connectivity index (χ1v) is 4.89. The first kappa shape index (κ1) is 9.50. The van der Waals surface area contributed by atoms with Gasteiger partial charge < -0.3 is 0 Å². The van der Waals surface area contributed by atoms with Crippen LogP contribution in [0.15, 0.2) is 12.7 Å². The van der Waals surface area contributed by atoms with Gasteiger partial charge in [0, 0.05) is 12.3 Å². The second-order valence-corrected chi connectivity index (χ2v) is 3.79. The SMILES string of the molecule is C=CCC1CCCCC(=O)C1C. The molecule has 1 saturated carbocycles. The monoisotopic (exact) mass is 166 g/mol. The van der Waals surface area contributed by atoms with Crippen molar-refractivity contribution in [2.75, 3.05) is 0 Å². The molecule has 0 heterocycles. The molecular weight excluding hydrogens is 148 g/mol. The van der Waals surface area contributed by atoms with Gasteiger partial charge in [-0.1, -0.05) is 19.4 Å². The van der Waals surface area contributed by atoms with Gasteiger partial charge in [0.05, 0.1) is 0 Å². The molecule has 0 aromatic carbocycles. The number of carbonyl (C=O) groups is 1. The fourth-order valence-electron chi connectivity index (χ4n) is 1.98. The molecule has 0 spiro atoms. The van der Waals surface area contributed by atoms with Crippen LogP contribution in [0.4, 0.5) is 0 Å². The fourth-order valence-corrected chi connectivity index (χ4v) is 1.98. The lowest BCUT2D eigenvalue weighted by molar-refractivity contribution is -0.123. The van der Waals surface area contributed by atoms with Gasteiger partial charge in [-0.05, 0) is 25.2 Å². The Morgan fingerprint density at radius 2 is 2.33 bits per heavy atom. The molecule has 1 nitrogen and oxygen atoms in total. The number of hydrogen-bond donors (Lipinski definition) is 0. The van der Waals surface area contributed by atoms with Gasteiger partial charge in [-0.2, -0.15) is 0 Å². The largest absolute Gasteiger partial charge is 0.299 e. The van der Waals surface area contributed by atoms with Gasteiger partial charge in [-0.15, -0.1) is 6.58 Å². The van der Waals surface area contributed by atoms with E-state index in [1.54, 1.807) is 0 Å². The molecule has 0 aliphatic heterocycles. The highest BCUT2D eigenvalue weighted by Crippen LogP contribution is 2.28. The van der Waals surface area contributed by atoms with E-state index in [4.69, 9.17) is 0 Å². The normalized spacial score (nSPS) is 31.2. The summed E-state index contributed by atoms with van der Waals surface area (Å²) in [5, 5.41) is 0. The van der Waals surface area contributed by atoms with Crippen LogP contribution in [0.3, 0.4) is 0 Å². The number of hydrogen-bond acceptors (Lipinski definition) is 1. The minimum Gasteiger partial charge on any atom is -0.299 e. The molecule has 0 aromatic rings. The molecule has 68 valence electrons. The smallest absolute Gasteiger partial charge is 0.135 e. The summed E-state index contributed by atoms with van der Waals surface area (Å²) in [6, 6.07) is 0. The molecule has 1 fully saturated rings. The van der Waals surface area contributed by atoms with Gasteiger partial charge in [0.25, 0.3) is 0 Å². The Morgan fingerprint density at radius 3 is 3.00 bits per heavy atom. The summed E-state index contributed by atoms with van der Waals surface area (Å²) < 4.78 is 0. The van der Waals surface area contributed by atoms with Crippen LogP contribution in [-0.4, -0.2) is 5.78 Å². The molecular formula is C11H18O. The standard InChI is InChI=1S/C11H18O/c1-3-6-10-7-4-5-8-11(12)9(10)2/h3,9-10H,1,4-8H2,2H3. The molecule has 0 N–H and O–H groups in total. The van der Waals surface area contributed by atoms with Crippen LogP contribution < -0.4 is 0 Å². The van der Waals surface area contributed by atoms with Gasteiger partial charge in [0.1, 0.15) is 5.78 Å². The van der Waals surface area contributed by atoms with E-state index < -0.39 is 0 Å². The van der Waals surface area contributed by atoms with E-state index in [0.717, 1.165) is 19.3 Å². The van der Waals surface area contributed by atoms with E-state index in [-0.39, 0.29) is 5.92 Å². The third-order valence-corrected chi connectivity index (χ3v) is 2.93. The first-order chi connectivity index (χ1) is 5.75. The van der Waals surface area contributed by atoms with E-state index in [0.29, 0.717) is 11.7 Å². The maximum Gasteiger partial charge on any atom is 0.135 e. The molecule has 0 saturated heterocycles. The van der Waals surface area contributed by atoms with E-state index in [1.807, 2.05) is 6.08 Å². The molecule has 1 heteroatoms. The zero-order chi connectivity index (χ0) is 8.97. The van der Waals surface area contributed by atoms with Crippen molar-refractivity contribution in [3.8, 4) is 0 Å². The number of Topliss-reactive ketones (excluding diaryl/α,β-unsaturated/α-hetero) is 1. The number of allylic oxidation sites excluding steroid dienone is 1. The number of carbonyl (C=O) groups excluding carboxylic acids is 1. The predicted molar refractivity (Wildman–Crippen MR) is 50.9 cm³/mol. The Kier molecular flexibility index (Phi) is 3.51. The average molecular weight is 166 g/mol. The van der Waals surface area contributed by atoms with Crippen molar-refractivity contribution in [1.29, 1.82) is 0 Å². The topological polar surface area (TPSA) is 17.1 Å².